The van der Waals surface area contributed by atoms with Gasteiger partial charge in [0.15, 0.2) is 0 Å². The number of halogens is 1. The lowest BCUT2D eigenvalue weighted by Gasteiger charge is -2.37. The summed E-state index contributed by atoms with van der Waals surface area (Å²) in [5, 5.41) is 10.1. The number of rotatable bonds is 5. The van der Waals surface area contributed by atoms with Gasteiger partial charge in [0, 0.05) is 5.33 Å². The van der Waals surface area contributed by atoms with Gasteiger partial charge in [-0.05, 0) is 30.6 Å². The SMILES string of the molecule is CC1CCC(C(C)C)C(OCC(O)CBr)C1. The lowest BCUT2D eigenvalue weighted by Crippen LogP contribution is -2.36. The van der Waals surface area contributed by atoms with E-state index in [2.05, 4.69) is 36.7 Å². The van der Waals surface area contributed by atoms with Crippen molar-refractivity contribution in [3.8, 4) is 0 Å². The van der Waals surface area contributed by atoms with E-state index in [0.29, 0.717) is 29.9 Å². The van der Waals surface area contributed by atoms with E-state index in [9.17, 15) is 5.11 Å². The molecule has 1 N–H and O–H groups in total. The van der Waals surface area contributed by atoms with Crippen molar-refractivity contribution in [3.05, 3.63) is 0 Å². The molecular weight excluding hydrogens is 268 g/mol. The fraction of sp³-hybridized carbons (Fsp3) is 1.00. The van der Waals surface area contributed by atoms with Crippen LogP contribution in [-0.2, 0) is 4.74 Å². The first-order valence-electron chi connectivity index (χ1n) is 6.40. The van der Waals surface area contributed by atoms with Crippen LogP contribution in [0.1, 0.15) is 40.0 Å². The second kappa shape index (κ2) is 6.97. The molecular formula is C13H25BrO2. The molecule has 0 radical (unpaired) electrons. The summed E-state index contributed by atoms with van der Waals surface area (Å²) in [6.07, 6.45) is 3.72. The van der Waals surface area contributed by atoms with E-state index in [1.807, 2.05) is 0 Å². The number of hydrogen-bond donors (Lipinski definition) is 1. The second-order valence-corrected chi connectivity index (χ2v) is 6.15. The van der Waals surface area contributed by atoms with Crippen molar-refractivity contribution < 1.29 is 9.84 Å². The molecule has 0 spiro atoms. The maximum Gasteiger partial charge on any atom is 0.0870 e. The van der Waals surface area contributed by atoms with Crippen LogP contribution in [0.4, 0.5) is 0 Å². The zero-order chi connectivity index (χ0) is 12.1. The molecule has 4 atom stereocenters. The molecule has 1 fully saturated rings. The highest BCUT2D eigenvalue weighted by Gasteiger charge is 2.31. The van der Waals surface area contributed by atoms with Crippen molar-refractivity contribution in [1.29, 1.82) is 0 Å². The number of alkyl halides is 1. The molecule has 1 aliphatic carbocycles. The summed E-state index contributed by atoms with van der Waals surface area (Å²) in [6.45, 7) is 7.32. The van der Waals surface area contributed by atoms with Crippen molar-refractivity contribution in [2.75, 3.05) is 11.9 Å². The minimum absolute atomic E-state index is 0.345. The third kappa shape index (κ3) is 4.34. The molecule has 96 valence electrons. The average molecular weight is 293 g/mol. The molecule has 1 rings (SSSR count). The molecule has 4 unspecified atom stereocenters. The Hall–Kier alpha value is 0.400. The first kappa shape index (κ1) is 14.5. The maximum atomic E-state index is 9.51. The van der Waals surface area contributed by atoms with Crippen LogP contribution in [0.25, 0.3) is 0 Å². The molecule has 16 heavy (non-hydrogen) atoms. The topological polar surface area (TPSA) is 29.5 Å². The highest BCUT2D eigenvalue weighted by Crippen LogP contribution is 2.35. The van der Waals surface area contributed by atoms with Crippen molar-refractivity contribution in [3.63, 3.8) is 0 Å². The van der Waals surface area contributed by atoms with Crippen molar-refractivity contribution in [2.24, 2.45) is 17.8 Å². The van der Waals surface area contributed by atoms with Gasteiger partial charge < -0.3 is 9.84 Å². The van der Waals surface area contributed by atoms with Crippen molar-refractivity contribution >= 4 is 15.9 Å². The van der Waals surface area contributed by atoms with Crippen molar-refractivity contribution in [1.82, 2.24) is 0 Å². The Kier molecular flexibility index (Phi) is 6.30. The second-order valence-electron chi connectivity index (χ2n) is 5.51. The third-order valence-electron chi connectivity index (χ3n) is 3.64. The van der Waals surface area contributed by atoms with E-state index < -0.39 is 0 Å². The molecule has 2 nitrogen and oxygen atoms in total. The zero-order valence-corrected chi connectivity index (χ0v) is 12.2. The summed E-state index contributed by atoms with van der Waals surface area (Å²) in [4.78, 5) is 0. The van der Waals surface area contributed by atoms with Gasteiger partial charge in [-0.15, -0.1) is 0 Å². The van der Waals surface area contributed by atoms with E-state index in [-0.39, 0.29) is 6.10 Å². The van der Waals surface area contributed by atoms with E-state index >= 15 is 0 Å². The molecule has 0 aromatic heterocycles. The standard InChI is InChI=1S/C13H25BrO2/c1-9(2)12-5-4-10(3)6-13(12)16-8-11(15)7-14/h9-13,15H,4-8H2,1-3H3. The summed E-state index contributed by atoms with van der Waals surface area (Å²) in [5.41, 5.74) is 0. The van der Waals surface area contributed by atoms with E-state index in [1.165, 1.54) is 12.8 Å². The maximum absolute atomic E-state index is 9.51. The van der Waals surface area contributed by atoms with Gasteiger partial charge in [-0.25, -0.2) is 0 Å². The van der Waals surface area contributed by atoms with E-state index in [0.717, 1.165) is 12.3 Å². The Morgan fingerprint density at radius 1 is 1.38 bits per heavy atom. The van der Waals surface area contributed by atoms with Crippen LogP contribution < -0.4 is 0 Å². The lowest BCUT2D eigenvalue weighted by molar-refractivity contribution is -0.0643. The van der Waals surface area contributed by atoms with Crippen LogP contribution in [0.3, 0.4) is 0 Å². The van der Waals surface area contributed by atoms with E-state index in [4.69, 9.17) is 4.74 Å². The minimum Gasteiger partial charge on any atom is -0.390 e. The summed E-state index contributed by atoms with van der Waals surface area (Å²) >= 11 is 3.27. The summed E-state index contributed by atoms with van der Waals surface area (Å²) in [6, 6.07) is 0. The Labute approximate surface area is 108 Å². The monoisotopic (exact) mass is 292 g/mol. The van der Waals surface area contributed by atoms with Crippen LogP contribution in [0.2, 0.25) is 0 Å². The average Bonchev–Trinajstić information content (AvgIpc) is 2.25. The first-order valence-corrected chi connectivity index (χ1v) is 7.52. The van der Waals surface area contributed by atoms with Gasteiger partial charge in [0.25, 0.3) is 0 Å². The first-order chi connectivity index (χ1) is 7.54. The largest absolute Gasteiger partial charge is 0.390 e. The third-order valence-corrected chi connectivity index (χ3v) is 4.39. The number of hydrogen-bond acceptors (Lipinski definition) is 2. The van der Waals surface area contributed by atoms with Gasteiger partial charge in [-0.1, -0.05) is 43.1 Å². The molecule has 3 heteroatoms. The predicted molar refractivity (Wildman–Crippen MR) is 70.9 cm³/mol. The van der Waals surface area contributed by atoms with Gasteiger partial charge >= 0.3 is 0 Å². The molecule has 0 bridgehead atoms. The lowest BCUT2D eigenvalue weighted by atomic mass is 9.75. The number of ether oxygens (including phenoxy) is 1. The predicted octanol–water partition coefficient (Wildman–Crippen LogP) is 3.22. The fourth-order valence-electron chi connectivity index (χ4n) is 2.59. The Balaban J connectivity index is 2.44. The molecule has 1 aliphatic rings. The molecule has 0 aromatic rings. The Bertz CT molecular complexity index is 196. The normalized spacial score (nSPS) is 33.0. The molecule has 0 heterocycles. The van der Waals surface area contributed by atoms with Gasteiger partial charge in [0.05, 0.1) is 18.8 Å². The minimum atomic E-state index is -0.370. The quantitative estimate of drug-likeness (QED) is 0.789. The van der Waals surface area contributed by atoms with Crippen LogP contribution in [0.5, 0.6) is 0 Å². The Morgan fingerprint density at radius 3 is 2.62 bits per heavy atom. The molecule has 0 amide bonds. The van der Waals surface area contributed by atoms with Gasteiger partial charge in [0.2, 0.25) is 0 Å². The highest BCUT2D eigenvalue weighted by atomic mass is 79.9. The van der Waals surface area contributed by atoms with Gasteiger partial charge in [-0.2, -0.15) is 0 Å². The van der Waals surface area contributed by atoms with Gasteiger partial charge in [0.1, 0.15) is 0 Å². The number of aliphatic hydroxyl groups excluding tert-OH is 1. The van der Waals surface area contributed by atoms with Crippen molar-refractivity contribution in [2.45, 2.75) is 52.2 Å². The Morgan fingerprint density at radius 2 is 2.06 bits per heavy atom. The van der Waals surface area contributed by atoms with Crippen LogP contribution in [0, 0.1) is 17.8 Å². The smallest absolute Gasteiger partial charge is 0.0870 e. The summed E-state index contributed by atoms with van der Waals surface area (Å²) in [5.74, 6) is 2.11. The highest BCUT2D eigenvalue weighted by molar-refractivity contribution is 9.09. The molecule has 0 aliphatic heterocycles. The molecule has 0 aromatic carbocycles. The van der Waals surface area contributed by atoms with Gasteiger partial charge in [-0.3, -0.25) is 0 Å². The number of aliphatic hydroxyl groups is 1. The molecule has 1 saturated carbocycles. The summed E-state index contributed by atoms with van der Waals surface area (Å²) < 4.78 is 5.90. The van der Waals surface area contributed by atoms with E-state index in [1.54, 1.807) is 0 Å². The van der Waals surface area contributed by atoms with Crippen LogP contribution in [-0.4, -0.2) is 29.3 Å². The fourth-order valence-corrected chi connectivity index (χ4v) is 2.77. The zero-order valence-electron chi connectivity index (χ0n) is 10.7. The van der Waals surface area contributed by atoms with Crippen LogP contribution in [0.15, 0.2) is 0 Å². The van der Waals surface area contributed by atoms with Crippen LogP contribution >= 0.6 is 15.9 Å². The summed E-state index contributed by atoms with van der Waals surface area (Å²) in [7, 11) is 0. The molecule has 0 saturated heterocycles.